The van der Waals surface area contributed by atoms with Gasteiger partial charge >= 0.3 is 0 Å². The van der Waals surface area contributed by atoms with Crippen LogP contribution >= 0.6 is 0 Å². The Morgan fingerprint density at radius 1 is 1.50 bits per heavy atom. The number of aliphatic hydroxyl groups is 1. The summed E-state index contributed by atoms with van der Waals surface area (Å²) in [5.41, 5.74) is 5.40. The van der Waals surface area contributed by atoms with Gasteiger partial charge in [-0.1, -0.05) is 12.1 Å². The first-order chi connectivity index (χ1) is 6.60. The van der Waals surface area contributed by atoms with Gasteiger partial charge < -0.3 is 15.6 Å². The maximum absolute atomic E-state index is 10.1. The molecule has 1 aromatic rings. The number of hydrogen-bond donors (Lipinski definition) is 2. The molecule has 3 heteroatoms. The Morgan fingerprint density at radius 2 is 2.21 bits per heavy atom. The summed E-state index contributed by atoms with van der Waals surface area (Å²) in [6.07, 6.45) is 0.542. The molecule has 0 saturated heterocycles. The normalized spacial score (nSPS) is 14.9. The van der Waals surface area contributed by atoms with Gasteiger partial charge in [0.15, 0.2) is 0 Å². The molecule has 3 N–H and O–H groups in total. The fourth-order valence-corrected chi connectivity index (χ4v) is 1.38. The van der Waals surface area contributed by atoms with E-state index in [0.29, 0.717) is 13.0 Å². The van der Waals surface area contributed by atoms with Crippen LogP contribution in [-0.4, -0.2) is 18.8 Å². The molecule has 0 radical (unpaired) electrons. The summed E-state index contributed by atoms with van der Waals surface area (Å²) in [5.74, 6) is 0.750. The fraction of sp³-hybridized carbons (Fsp3) is 0.455. The minimum absolute atomic E-state index is 0.463. The maximum atomic E-state index is 10.1. The van der Waals surface area contributed by atoms with Crippen molar-refractivity contribution in [3.05, 3.63) is 29.8 Å². The molecule has 0 spiro atoms. The van der Waals surface area contributed by atoms with Gasteiger partial charge in [-0.15, -0.1) is 0 Å². The highest BCUT2D eigenvalue weighted by molar-refractivity contribution is 5.31. The lowest BCUT2D eigenvalue weighted by atomic mass is 9.92. The zero-order valence-electron chi connectivity index (χ0n) is 8.66. The van der Waals surface area contributed by atoms with E-state index in [1.807, 2.05) is 24.3 Å². The smallest absolute Gasteiger partial charge is 0.119 e. The standard InChI is InChI=1S/C11H17NO2/c1-11(13,6-7-12)9-4-3-5-10(8-9)14-2/h3-5,8,13H,6-7,12H2,1-2H3. The molecule has 0 fully saturated rings. The van der Waals surface area contributed by atoms with Crippen molar-refractivity contribution in [2.24, 2.45) is 5.73 Å². The molecule has 1 rings (SSSR count). The molecule has 0 amide bonds. The monoisotopic (exact) mass is 195 g/mol. The topological polar surface area (TPSA) is 55.5 Å². The van der Waals surface area contributed by atoms with Crippen molar-refractivity contribution in [1.29, 1.82) is 0 Å². The molecular formula is C11H17NO2. The Balaban J connectivity index is 2.93. The van der Waals surface area contributed by atoms with Crippen LogP contribution < -0.4 is 10.5 Å². The Morgan fingerprint density at radius 3 is 2.79 bits per heavy atom. The van der Waals surface area contributed by atoms with E-state index < -0.39 is 5.60 Å². The molecular weight excluding hydrogens is 178 g/mol. The summed E-state index contributed by atoms with van der Waals surface area (Å²) in [4.78, 5) is 0. The average Bonchev–Trinajstić information content (AvgIpc) is 2.18. The predicted molar refractivity (Wildman–Crippen MR) is 56.2 cm³/mol. The number of benzene rings is 1. The highest BCUT2D eigenvalue weighted by Gasteiger charge is 2.22. The van der Waals surface area contributed by atoms with Crippen LogP contribution in [0.15, 0.2) is 24.3 Å². The minimum atomic E-state index is -0.872. The third kappa shape index (κ3) is 2.47. The molecule has 78 valence electrons. The van der Waals surface area contributed by atoms with E-state index in [1.54, 1.807) is 14.0 Å². The highest BCUT2D eigenvalue weighted by atomic mass is 16.5. The lowest BCUT2D eigenvalue weighted by Gasteiger charge is -2.23. The largest absolute Gasteiger partial charge is 0.497 e. The molecule has 1 unspecified atom stereocenters. The van der Waals surface area contributed by atoms with Gasteiger partial charge in [0, 0.05) is 0 Å². The average molecular weight is 195 g/mol. The van der Waals surface area contributed by atoms with Crippen molar-refractivity contribution in [2.75, 3.05) is 13.7 Å². The van der Waals surface area contributed by atoms with E-state index in [-0.39, 0.29) is 0 Å². The lowest BCUT2D eigenvalue weighted by molar-refractivity contribution is 0.0502. The van der Waals surface area contributed by atoms with Gasteiger partial charge in [0.05, 0.1) is 12.7 Å². The highest BCUT2D eigenvalue weighted by Crippen LogP contribution is 2.26. The molecule has 14 heavy (non-hydrogen) atoms. The van der Waals surface area contributed by atoms with E-state index in [4.69, 9.17) is 10.5 Å². The van der Waals surface area contributed by atoms with E-state index in [9.17, 15) is 5.11 Å². The number of methoxy groups -OCH3 is 1. The second kappa shape index (κ2) is 4.44. The van der Waals surface area contributed by atoms with Gasteiger partial charge in [-0.3, -0.25) is 0 Å². The van der Waals surface area contributed by atoms with Gasteiger partial charge in [0.25, 0.3) is 0 Å². The van der Waals surface area contributed by atoms with Crippen molar-refractivity contribution in [3.8, 4) is 5.75 Å². The van der Waals surface area contributed by atoms with Crippen LogP contribution in [0.5, 0.6) is 5.75 Å². The van der Waals surface area contributed by atoms with Gasteiger partial charge in [-0.05, 0) is 37.6 Å². The molecule has 0 aliphatic carbocycles. The summed E-state index contributed by atoms with van der Waals surface area (Å²) in [5, 5.41) is 10.1. The van der Waals surface area contributed by atoms with Crippen LogP contribution in [0.3, 0.4) is 0 Å². The van der Waals surface area contributed by atoms with Crippen molar-refractivity contribution in [2.45, 2.75) is 18.9 Å². The van der Waals surface area contributed by atoms with E-state index in [2.05, 4.69) is 0 Å². The van der Waals surface area contributed by atoms with Crippen molar-refractivity contribution < 1.29 is 9.84 Å². The van der Waals surface area contributed by atoms with E-state index >= 15 is 0 Å². The molecule has 0 aromatic heterocycles. The first kappa shape index (κ1) is 11.0. The number of ether oxygens (including phenoxy) is 1. The molecule has 1 atom stereocenters. The van der Waals surface area contributed by atoms with Gasteiger partial charge in [-0.2, -0.15) is 0 Å². The predicted octanol–water partition coefficient (Wildman–Crippen LogP) is 1.25. The van der Waals surface area contributed by atoms with E-state index in [0.717, 1.165) is 11.3 Å². The molecule has 0 aliphatic heterocycles. The van der Waals surface area contributed by atoms with Gasteiger partial charge in [0.1, 0.15) is 5.75 Å². The third-order valence-corrected chi connectivity index (χ3v) is 2.32. The Labute approximate surface area is 84.5 Å². The first-order valence-electron chi connectivity index (χ1n) is 4.67. The van der Waals surface area contributed by atoms with Crippen molar-refractivity contribution in [1.82, 2.24) is 0 Å². The maximum Gasteiger partial charge on any atom is 0.119 e. The molecule has 3 nitrogen and oxygen atoms in total. The van der Waals surface area contributed by atoms with Gasteiger partial charge in [0.2, 0.25) is 0 Å². The second-order valence-electron chi connectivity index (χ2n) is 3.54. The molecule has 1 aromatic carbocycles. The zero-order valence-corrected chi connectivity index (χ0v) is 8.66. The second-order valence-corrected chi connectivity index (χ2v) is 3.54. The summed E-state index contributed by atoms with van der Waals surface area (Å²) in [7, 11) is 1.61. The Hall–Kier alpha value is -1.06. The number of rotatable bonds is 4. The van der Waals surface area contributed by atoms with Crippen LogP contribution in [0.25, 0.3) is 0 Å². The van der Waals surface area contributed by atoms with Crippen LogP contribution in [0.4, 0.5) is 0 Å². The fourth-order valence-electron chi connectivity index (χ4n) is 1.38. The number of nitrogens with two attached hydrogens (primary N) is 1. The van der Waals surface area contributed by atoms with Crippen molar-refractivity contribution in [3.63, 3.8) is 0 Å². The summed E-state index contributed by atoms with van der Waals surface area (Å²) < 4.78 is 5.09. The van der Waals surface area contributed by atoms with Crippen LogP contribution in [0.1, 0.15) is 18.9 Å². The third-order valence-electron chi connectivity index (χ3n) is 2.32. The Kier molecular flexibility index (Phi) is 3.49. The van der Waals surface area contributed by atoms with Gasteiger partial charge in [-0.25, -0.2) is 0 Å². The van der Waals surface area contributed by atoms with Crippen LogP contribution in [-0.2, 0) is 5.60 Å². The summed E-state index contributed by atoms with van der Waals surface area (Å²) >= 11 is 0. The number of hydrogen-bond acceptors (Lipinski definition) is 3. The molecule has 0 heterocycles. The first-order valence-corrected chi connectivity index (χ1v) is 4.67. The van der Waals surface area contributed by atoms with Crippen molar-refractivity contribution >= 4 is 0 Å². The molecule has 0 bridgehead atoms. The van der Waals surface area contributed by atoms with Crippen LogP contribution in [0.2, 0.25) is 0 Å². The Bertz CT molecular complexity index is 297. The minimum Gasteiger partial charge on any atom is -0.497 e. The lowest BCUT2D eigenvalue weighted by Crippen LogP contribution is -2.24. The summed E-state index contributed by atoms with van der Waals surface area (Å²) in [6.45, 7) is 2.22. The SMILES string of the molecule is COc1cccc(C(C)(O)CCN)c1. The molecule has 0 aliphatic rings. The zero-order chi connectivity index (χ0) is 10.6. The summed E-state index contributed by atoms with van der Waals surface area (Å²) in [6, 6.07) is 7.41. The van der Waals surface area contributed by atoms with E-state index in [1.165, 1.54) is 0 Å². The molecule has 0 saturated carbocycles. The quantitative estimate of drug-likeness (QED) is 0.760. The van der Waals surface area contributed by atoms with Crippen LogP contribution in [0, 0.1) is 0 Å².